The number of rotatable bonds is 9. The van der Waals surface area contributed by atoms with Gasteiger partial charge in [0.25, 0.3) is 0 Å². The summed E-state index contributed by atoms with van der Waals surface area (Å²) in [5, 5.41) is 22.5. The van der Waals surface area contributed by atoms with Crippen LogP contribution in [0.15, 0.2) is 121 Å². The second-order valence-electron chi connectivity index (χ2n) is 11.8. The number of amides is 2. The maximum atomic E-state index is 13.9. The Bertz CT molecular complexity index is 1850. The molecule has 1 aliphatic heterocycles. The molecular formula is C37H36FN2O6P. The van der Waals surface area contributed by atoms with E-state index in [1.807, 2.05) is 60.7 Å². The van der Waals surface area contributed by atoms with E-state index in [0.717, 1.165) is 11.1 Å². The molecule has 8 nitrogen and oxygen atoms in total. The van der Waals surface area contributed by atoms with Crippen LogP contribution in [0.3, 0.4) is 0 Å². The fourth-order valence-corrected chi connectivity index (χ4v) is 6.88. The van der Waals surface area contributed by atoms with Crippen molar-refractivity contribution in [2.24, 2.45) is 0 Å². The SMILES string of the molecule is CN1C(=O)N(c2ccc(-c3ccccc3)cc2)[C@H](c2ccc(-c3ccc([PH](O)(O)O)cc3)cc2O)[C@H]1CC[C@H](O)c1ccc(F)cc1. The zero-order valence-corrected chi connectivity index (χ0v) is 26.6. The van der Waals surface area contributed by atoms with Crippen molar-refractivity contribution in [3.05, 3.63) is 138 Å². The van der Waals surface area contributed by atoms with Crippen molar-refractivity contribution in [3.63, 3.8) is 0 Å². The average Bonchev–Trinajstić information content (AvgIpc) is 3.32. The third-order valence-electron chi connectivity index (χ3n) is 8.85. The summed E-state index contributed by atoms with van der Waals surface area (Å²) in [7, 11) is -2.73. The summed E-state index contributed by atoms with van der Waals surface area (Å²) in [5.74, 6) is -0.430. The van der Waals surface area contributed by atoms with Gasteiger partial charge in [0, 0.05) is 0 Å². The summed E-state index contributed by atoms with van der Waals surface area (Å²) in [5.41, 5.74) is 5.11. The number of halogens is 1. The number of nitrogens with zero attached hydrogens (tertiary/aromatic N) is 2. The van der Waals surface area contributed by atoms with Gasteiger partial charge in [-0.15, -0.1) is 0 Å². The molecule has 10 heteroatoms. The fourth-order valence-electron chi connectivity index (χ4n) is 6.27. The Hall–Kier alpha value is -4.63. The van der Waals surface area contributed by atoms with Crippen LogP contribution in [0.5, 0.6) is 5.75 Å². The molecule has 0 spiro atoms. The number of urea groups is 1. The predicted octanol–water partition coefficient (Wildman–Crippen LogP) is 6.46. The third kappa shape index (κ3) is 6.76. The van der Waals surface area contributed by atoms with Crippen LogP contribution in [0, 0.1) is 5.82 Å². The molecule has 1 fully saturated rings. The normalized spacial score (nSPS) is 17.6. The Kier molecular flexibility index (Phi) is 9.10. The number of hydrogen-bond donors (Lipinski definition) is 5. The Balaban J connectivity index is 1.35. The Labute approximate surface area is 272 Å². The average molecular weight is 655 g/mol. The quantitative estimate of drug-likeness (QED) is 0.116. The van der Waals surface area contributed by atoms with Crippen LogP contribution in [0.4, 0.5) is 14.9 Å². The Morgan fingerprint density at radius 3 is 1.96 bits per heavy atom. The zero-order chi connectivity index (χ0) is 33.3. The monoisotopic (exact) mass is 654 g/mol. The summed E-state index contributed by atoms with van der Waals surface area (Å²) in [6, 6.07) is 33.3. The van der Waals surface area contributed by atoms with Crippen molar-refractivity contribution in [1.82, 2.24) is 4.90 Å². The predicted molar refractivity (Wildman–Crippen MR) is 183 cm³/mol. The fraction of sp³-hybridized carbons (Fsp3) is 0.162. The van der Waals surface area contributed by atoms with Crippen molar-refractivity contribution in [2.75, 3.05) is 11.9 Å². The number of carbonyl (C=O) groups is 1. The van der Waals surface area contributed by atoms with Gasteiger partial charge in [-0.3, -0.25) is 0 Å². The van der Waals surface area contributed by atoms with Crippen molar-refractivity contribution in [2.45, 2.75) is 31.0 Å². The van der Waals surface area contributed by atoms with Gasteiger partial charge in [-0.25, -0.2) is 4.39 Å². The van der Waals surface area contributed by atoms with Crippen molar-refractivity contribution in [3.8, 4) is 28.0 Å². The third-order valence-corrected chi connectivity index (χ3v) is 9.95. The topological polar surface area (TPSA) is 125 Å². The van der Waals surface area contributed by atoms with E-state index in [4.69, 9.17) is 0 Å². The summed E-state index contributed by atoms with van der Waals surface area (Å²) >= 11 is 0. The first-order valence-corrected chi connectivity index (χ1v) is 17.1. The van der Waals surface area contributed by atoms with E-state index in [-0.39, 0.29) is 17.1 Å². The van der Waals surface area contributed by atoms with Gasteiger partial charge < -0.3 is 5.11 Å². The molecule has 5 N–H and O–H groups in total. The molecular weight excluding hydrogens is 618 g/mol. The number of benzene rings is 5. The molecule has 0 bridgehead atoms. The molecule has 0 saturated carbocycles. The minimum Gasteiger partial charge on any atom is -0.388 e. The second kappa shape index (κ2) is 13.2. The van der Waals surface area contributed by atoms with E-state index in [1.165, 1.54) is 24.3 Å². The molecule has 1 heterocycles. The van der Waals surface area contributed by atoms with E-state index >= 15 is 0 Å². The van der Waals surface area contributed by atoms with Gasteiger partial charge in [0.1, 0.15) is 5.82 Å². The van der Waals surface area contributed by atoms with E-state index in [0.29, 0.717) is 40.8 Å². The molecule has 1 aliphatic rings. The number of aromatic hydroxyl groups is 1. The van der Waals surface area contributed by atoms with Gasteiger partial charge in [-0.1, -0.05) is 54.6 Å². The number of anilines is 1. The van der Waals surface area contributed by atoms with Crippen LogP contribution < -0.4 is 10.2 Å². The molecule has 0 aromatic heterocycles. The number of aliphatic hydroxyl groups is 1. The molecule has 0 aliphatic carbocycles. The van der Waals surface area contributed by atoms with Gasteiger partial charge in [0.15, 0.2) is 0 Å². The number of hydrogen-bond acceptors (Lipinski definition) is 6. The van der Waals surface area contributed by atoms with Crippen molar-refractivity contribution < 1.29 is 34.1 Å². The Morgan fingerprint density at radius 2 is 1.34 bits per heavy atom. The van der Waals surface area contributed by atoms with Gasteiger partial charge >= 0.3 is 168 Å². The molecule has 5 aromatic rings. The number of carbonyl (C=O) groups excluding carboxylic acids is 1. The van der Waals surface area contributed by atoms with Gasteiger partial charge in [0.2, 0.25) is 0 Å². The number of phenols is 1. The minimum absolute atomic E-state index is 0.0363. The summed E-state index contributed by atoms with van der Waals surface area (Å²) in [4.78, 5) is 46.1. The molecule has 3 atom stereocenters. The maximum absolute atomic E-state index is 13.9. The van der Waals surface area contributed by atoms with Gasteiger partial charge in [-0.05, 0) is 28.8 Å². The molecule has 47 heavy (non-hydrogen) atoms. The first kappa shape index (κ1) is 32.3. The number of aliphatic hydroxyl groups excluding tert-OH is 1. The van der Waals surface area contributed by atoms with E-state index in [2.05, 4.69) is 0 Å². The van der Waals surface area contributed by atoms with E-state index in [1.54, 1.807) is 53.2 Å². The smallest absolute Gasteiger partial charge is 0.388 e. The van der Waals surface area contributed by atoms with Crippen LogP contribution in [0.1, 0.15) is 36.1 Å². The van der Waals surface area contributed by atoms with Crippen LogP contribution in [-0.2, 0) is 0 Å². The first-order valence-electron chi connectivity index (χ1n) is 15.3. The summed E-state index contributed by atoms with van der Waals surface area (Å²) < 4.78 is 13.5. The van der Waals surface area contributed by atoms with Crippen LogP contribution in [0.2, 0.25) is 0 Å². The molecule has 2 amide bonds. The minimum atomic E-state index is -4.45. The molecule has 242 valence electrons. The second-order valence-corrected chi connectivity index (χ2v) is 13.7. The van der Waals surface area contributed by atoms with Crippen LogP contribution in [-0.4, -0.2) is 48.9 Å². The first-order chi connectivity index (χ1) is 22.5. The van der Waals surface area contributed by atoms with Crippen LogP contribution in [0.25, 0.3) is 22.3 Å². The zero-order valence-electron chi connectivity index (χ0n) is 25.6. The van der Waals surface area contributed by atoms with Gasteiger partial charge in [0.05, 0.1) is 6.10 Å². The van der Waals surface area contributed by atoms with Crippen molar-refractivity contribution >= 4 is 25.0 Å². The number of phenolic OH excluding ortho intramolecular Hbond substituents is 1. The molecule has 5 aromatic carbocycles. The van der Waals surface area contributed by atoms with Gasteiger partial charge in [-0.2, -0.15) is 0 Å². The summed E-state index contributed by atoms with van der Waals surface area (Å²) in [6.45, 7) is 0. The molecule has 1 saturated heterocycles. The summed E-state index contributed by atoms with van der Waals surface area (Å²) in [6.07, 6.45) is -0.194. The molecule has 6 rings (SSSR count). The molecule has 0 unspecified atom stereocenters. The van der Waals surface area contributed by atoms with E-state index in [9.17, 15) is 34.1 Å². The van der Waals surface area contributed by atoms with E-state index < -0.39 is 31.9 Å². The Morgan fingerprint density at radius 1 is 0.766 bits per heavy atom. The standard InChI is InChI=1S/C37H36FN2O6P/c1-39-33(21-22-34(41)27-7-14-29(38)15-8-27)36(40(37(39)43)30-16-9-25(10-17-30)24-5-3-2-4-6-24)32-20-13-28(23-35(32)42)26-11-18-31(19-12-26)47(44,45)46/h2-20,23,33-34,36,41-42,44-47H,21-22H2,1H3/t33-,34+,36-/m1/s1. The van der Waals surface area contributed by atoms with Crippen molar-refractivity contribution in [1.29, 1.82) is 0 Å². The number of likely N-dealkylation sites (N-methyl/N-ethyl adjacent to an activating group) is 1. The molecule has 0 radical (unpaired) electrons. The van der Waals surface area contributed by atoms with Crippen LogP contribution >= 0.6 is 7.94 Å².